The molecule has 0 amide bonds. The number of anilines is 1. The van der Waals surface area contributed by atoms with Crippen molar-refractivity contribution in [2.24, 2.45) is 9.81 Å². The van der Waals surface area contributed by atoms with Crippen LogP contribution < -0.4 is 4.90 Å². The zero-order valence-electron chi connectivity index (χ0n) is 12.9. The first-order valence-corrected chi connectivity index (χ1v) is 8.47. The lowest BCUT2D eigenvalue weighted by Gasteiger charge is -2.51. The van der Waals surface area contributed by atoms with Gasteiger partial charge in [0.25, 0.3) is 10.0 Å². The summed E-state index contributed by atoms with van der Waals surface area (Å²) < 4.78 is 27.3. The average Bonchev–Trinajstić information content (AvgIpc) is 2.32. The Morgan fingerprint density at radius 1 is 1.05 bits per heavy atom. The number of hydrogen-bond donors (Lipinski definition) is 0. The summed E-state index contributed by atoms with van der Waals surface area (Å²) in [5, 5.41) is 0. The van der Waals surface area contributed by atoms with E-state index in [2.05, 4.69) is 24.3 Å². The molecule has 0 radical (unpaired) electrons. The molecule has 0 atom stereocenters. The van der Waals surface area contributed by atoms with Crippen molar-refractivity contribution in [3.8, 4) is 0 Å². The predicted octanol–water partition coefficient (Wildman–Crippen LogP) is 2.80. The van der Waals surface area contributed by atoms with E-state index in [1.807, 2.05) is 44.0 Å². The molecule has 110 valence electrons. The van der Waals surface area contributed by atoms with Gasteiger partial charge in [-0.3, -0.25) is 0 Å². The molecule has 1 aromatic carbocycles. The van der Waals surface area contributed by atoms with Crippen LogP contribution in [0.4, 0.5) is 5.69 Å². The number of sulfonamides is 1. The Balaban J connectivity index is 2.80. The Labute approximate surface area is 121 Å². The fourth-order valence-corrected chi connectivity index (χ4v) is 3.44. The first-order valence-electron chi connectivity index (χ1n) is 6.62. The third-order valence-electron chi connectivity index (χ3n) is 4.63. The molecule has 0 aromatic heterocycles. The minimum Gasteiger partial charge on any atom is -0.332 e. The van der Waals surface area contributed by atoms with Gasteiger partial charge in [-0.15, -0.1) is 4.40 Å². The van der Waals surface area contributed by atoms with E-state index < -0.39 is 10.0 Å². The highest BCUT2D eigenvalue weighted by atomic mass is 32.2. The standard InChI is InChI=1S/C15H22N2O2S/c1-14(2)11-9-7-8-10-12(11)17(5)13(15(14,3)4)16-20(6,18)19/h7-10H,1-6H3. The molecule has 0 fully saturated rings. The first kappa shape index (κ1) is 15.0. The van der Waals surface area contributed by atoms with Gasteiger partial charge < -0.3 is 4.90 Å². The van der Waals surface area contributed by atoms with Crippen molar-refractivity contribution in [2.45, 2.75) is 33.1 Å². The van der Waals surface area contributed by atoms with Crippen LogP contribution >= 0.6 is 0 Å². The van der Waals surface area contributed by atoms with E-state index in [4.69, 9.17) is 0 Å². The average molecular weight is 294 g/mol. The van der Waals surface area contributed by atoms with E-state index in [1.165, 1.54) is 5.56 Å². The van der Waals surface area contributed by atoms with Gasteiger partial charge >= 0.3 is 0 Å². The predicted molar refractivity (Wildman–Crippen MR) is 83.9 cm³/mol. The zero-order valence-corrected chi connectivity index (χ0v) is 13.7. The first-order chi connectivity index (χ1) is 8.98. The fourth-order valence-electron chi connectivity index (χ4n) is 2.78. The van der Waals surface area contributed by atoms with Crippen LogP contribution in [0.15, 0.2) is 28.7 Å². The third kappa shape index (κ3) is 2.14. The second-order valence-corrected chi connectivity index (χ2v) is 8.12. The van der Waals surface area contributed by atoms with E-state index in [1.54, 1.807) is 0 Å². The van der Waals surface area contributed by atoms with E-state index >= 15 is 0 Å². The molecule has 20 heavy (non-hydrogen) atoms. The molecule has 0 spiro atoms. The molecule has 2 rings (SSSR count). The highest BCUT2D eigenvalue weighted by Crippen LogP contribution is 2.50. The van der Waals surface area contributed by atoms with Gasteiger partial charge in [0.2, 0.25) is 0 Å². The fraction of sp³-hybridized carbons (Fsp3) is 0.533. The summed E-state index contributed by atoms with van der Waals surface area (Å²) in [6.45, 7) is 8.36. The Morgan fingerprint density at radius 3 is 2.15 bits per heavy atom. The van der Waals surface area contributed by atoms with Crippen LogP contribution in [0.3, 0.4) is 0 Å². The zero-order chi connectivity index (χ0) is 15.3. The molecule has 0 unspecified atom stereocenters. The highest BCUT2D eigenvalue weighted by Gasteiger charge is 2.49. The minimum absolute atomic E-state index is 0.209. The van der Waals surface area contributed by atoms with Crippen LogP contribution in [0.5, 0.6) is 0 Å². The number of amidine groups is 1. The Bertz CT molecular complexity index is 673. The Morgan fingerprint density at radius 2 is 1.60 bits per heavy atom. The van der Waals surface area contributed by atoms with E-state index in [9.17, 15) is 8.42 Å². The van der Waals surface area contributed by atoms with Crippen molar-refractivity contribution >= 4 is 21.5 Å². The second-order valence-electron chi connectivity index (χ2n) is 6.47. The lowest BCUT2D eigenvalue weighted by molar-refractivity contribution is 0.285. The van der Waals surface area contributed by atoms with Crippen molar-refractivity contribution < 1.29 is 8.42 Å². The van der Waals surface area contributed by atoms with Gasteiger partial charge in [-0.2, -0.15) is 0 Å². The molecular weight excluding hydrogens is 272 g/mol. The maximum absolute atomic E-state index is 11.6. The third-order valence-corrected chi connectivity index (χ3v) is 5.13. The highest BCUT2D eigenvalue weighted by molar-refractivity contribution is 7.89. The number of rotatable bonds is 1. The molecule has 0 bridgehead atoms. The topological polar surface area (TPSA) is 49.7 Å². The molecular formula is C15H22N2O2S. The summed E-state index contributed by atoms with van der Waals surface area (Å²) >= 11 is 0. The molecule has 0 aliphatic carbocycles. The summed E-state index contributed by atoms with van der Waals surface area (Å²) in [7, 11) is -1.56. The van der Waals surface area contributed by atoms with Gasteiger partial charge in [-0.05, 0) is 11.6 Å². The van der Waals surface area contributed by atoms with Crippen LogP contribution in [0.1, 0.15) is 33.3 Å². The van der Waals surface area contributed by atoms with Crippen molar-refractivity contribution in [2.75, 3.05) is 18.2 Å². The lowest BCUT2D eigenvalue weighted by Crippen LogP contribution is -2.54. The Hall–Kier alpha value is -1.36. The number of benzene rings is 1. The molecule has 1 aliphatic rings. The van der Waals surface area contributed by atoms with Crippen LogP contribution in [0.25, 0.3) is 0 Å². The van der Waals surface area contributed by atoms with Crippen molar-refractivity contribution in [3.05, 3.63) is 29.8 Å². The van der Waals surface area contributed by atoms with E-state index in [0.717, 1.165) is 11.9 Å². The quantitative estimate of drug-likeness (QED) is 0.800. The summed E-state index contributed by atoms with van der Waals surface area (Å²) in [4.78, 5) is 1.89. The van der Waals surface area contributed by atoms with Crippen molar-refractivity contribution in [3.63, 3.8) is 0 Å². The molecule has 5 heteroatoms. The summed E-state index contributed by atoms with van der Waals surface area (Å²) in [6, 6.07) is 8.08. The number of para-hydroxylation sites is 1. The van der Waals surface area contributed by atoms with Gasteiger partial charge in [-0.1, -0.05) is 45.9 Å². The monoisotopic (exact) mass is 294 g/mol. The molecule has 0 N–H and O–H groups in total. The van der Waals surface area contributed by atoms with Gasteiger partial charge in [0, 0.05) is 23.6 Å². The van der Waals surface area contributed by atoms with Gasteiger partial charge in [-0.25, -0.2) is 8.42 Å². The Kier molecular flexibility index (Phi) is 3.25. The number of fused-ring (bicyclic) bond motifs is 1. The van der Waals surface area contributed by atoms with Crippen LogP contribution in [0, 0.1) is 5.41 Å². The molecule has 0 saturated heterocycles. The number of nitrogens with zero attached hydrogens (tertiary/aromatic N) is 2. The van der Waals surface area contributed by atoms with Crippen LogP contribution in [-0.4, -0.2) is 27.6 Å². The second kappa shape index (κ2) is 4.32. The van der Waals surface area contributed by atoms with Gasteiger partial charge in [0.1, 0.15) is 5.84 Å². The van der Waals surface area contributed by atoms with Gasteiger partial charge in [0.15, 0.2) is 0 Å². The van der Waals surface area contributed by atoms with Crippen LogP contribution in [0.2, 0.25) is 0 Å². The van der Waals surface area contributed by atoms with Crippen LogP contribution in [-0.2, 0) is 15.4 Å². The maximum Gasteiger partial charge on any atom is 0.251 e. The summed E-state index contributed by atoms with van der Waals surface area (Å²) in [5.41, 5.74) is 1.62. The molecule has 1 aliphatic heterocycles. The van der Waals surface area contributed by atoms with Gasteiger partial charge in [0.05, 0.1) is 6.26 Å². The molecule has 0 saturated carbocycles. The largest absolute Gasteiger partial charge is 0.332 e. The SMILES string of the molecule is CN1C(=NS(C)(=O)=O)C(C)(C)C(C)(C)c2ccccc21. The number of hydrogen-bond acceptors (Lipinski definition) is 2. The molecule has 4 nitrogen and oxygen atoms in total. The van der Waals surface area contributed by atoms with Crippen molar-refractivity contribution in [1.29, 1.82) is 0 Å². The van der Waals surface area contributed by atoms with Crippen molar-refractivity contribution in [1.82, 2.24) is 0 Å². The smallest absolute Gasteiger partial charge is 0.251 e. The maximum atomic E-state index is 11.6. The van der Waals surface area contributed by atoms with E-state index in [0.29, 0.717) is 5.84 Å². The van der Waals surface area contributed by atoms with E-state index in [-0.39, 0.29) is 10.8 Å². The summed E-state index contributed by atoms with van der Waals surface area (Å²) in [6.07, 6.45) is 1.14. The summed E-state index contributed by atoms with van der Waals surface area (Å²) in [5.74, 6) is 0.587. The normalized spacial score (nSPS) is 22.7. The lowest BCUT2D eigenvalue weighted by atomic mass is 9.60. The molecule has 1 aromatic rings. The minimum atomic E-state index is -3.43. The molecule has 1 heterocycles.